The van der Waals surface area contributed by atoms with Gasteiger partial charge in [0.25, 0.3) is 0 Å². The van der Waals surface area contributed by atoms with E-state index in [1.54, 1.807) is 6.20 Å². The van der Waals surface area contributed by atoms with Crippen LogP contribution in [0.4, 0.5) is 0 Å². The largest absolute Gasteiger partial charge is 0.352 e. The zero-order chi connectivity index (χ0) is 15.6. The number of hydrogen-bond donors (Lipinski definition) is 2. The Labute approximate surface area is 138 Å². The van der Waals surface area contributed by atoms with E-state index in [0.717, 1.165) is 18.0 Å². The fourth-order valence-electron chi connectivity index (χ4n) is 3.73. The van der Waals surface area contributed by atoms with Crippen LogP contribution in [0, 0.1) is 11.8 Å². The highest BCUT2D eigenvalue weighted by molar-refractivity contribution is 7.99. The van der Waals surface area contributed by atoms with E-state index in [-0.39, 0.29) is 5.91 Å². The van der Waals surface area contributed by atoms with E-state index in [1.165, 1.54) is 31.0 Å². The van der Waals surface area contributed by atoms with Crippen LogP contribution in [0.3, 0.4) is 0 Å². The summed E-state index contributed by atoms with van der Waals surface area (Å²) in [4.78, 5) is 20.7. The Morgan fingerprint density at radius 3 is 3.04 bits per heavy atom. The van der Waals surface area contributed by atoms with Crippen molar-refractivity contribution in [2.24, 2.45) is 11.8 Å². The van der Waals surface area contributed by atoms with Gasteiger partial charge >= 0.3 is 0 Å². The van der Waals surface area contributed by atoms with Crippen LogP contribution in [0.1, 0.15) is 25.7 Å². The molecular formula is C16H19N5OS. The number of aromatic nitrogens is 4. The number of H-pyrrole nitrogens is 1. The number of nitrogens with zero attached hydrogens (tertiary/aromatic N) is 3. The fraction of sp³-hybridized carbons (Fsp3) is 0.500. The first-order valence-corrected chi connectivity index (χ1v) is 9.02. The minimum atomic E-state index is 0.0803. The second kappa shape index (κ2) is 6.31. The van der Waals surface area contributed by atoms with Crippen LogP contribution in [-0.2, 0) is 4.79 Å². The lowest BCUT2D eigenvalue weighted by Crippen LogP contribution is -2.39. The Morgan fingerprint density at radius 2 is 2.30 bits per heavy atom. The van der Waals surface area contributed by atoms with Crippen molar-refractivity contribution < 1.29 is 4.79 Å². The second-order valence-corrected chi connectivity index (χ2v) is 7.26. The summed E-state index contributed by atoms with van der Waals surface area (Å²) in [6.45, 7) is 0. The highest BCUT2D eigenvalue weighted by Gasteiger charge is 2.39. The molecule has 0 aromatic carbocycles. The summed E-state index contributed by atoms with van der Waals surface area (Å²) in [7, 11) is 0. The smallest absolute Gasteiger partial charge is 0.230 e. The van der Waals surface area contributed by atoms with Gasteiger partial charge in [-0.25, -0.2) is 0 Å². The number of pyridine rings is 1. The quantitative estimate of drug-likeness (QED) is 0.822. The van der Waals surface area contributed by atoms with Crippen LogP contribution >= 0.6 is 11.8 Å². The Kier molecular flexibility index (Phi) is 4.03. The van der Waals surface area contributed by atoms with Gasteiger partial charge in [0.15, 0.2) is 5.82 Å². The zero-order valence-corrected chi connectivity index (χ0v) is 13.6. The molecule has 2 N–H and O–H groups in total. The lowest BCUT2D eigenvalue weighted by atomic mass is 9.95. The number of thioether (sulfide) groups is 1. The van der Waals surface area contributed by atoms with E-state index in [1.807, 2.05) is 18.2 Å². The van der Waals surface area contributed by atoms with Crippen molar-refractivity contribution in [1.82, 2.24) is 25.5 Å². The van der Waals surface area contributed by atoms with Crippen LogP contribution < -0.4 is 5.32 Å². The van der Waals surface area contributed by atoms with Crippen LogP contribution in [0.15, 0.2) is 29.6 Å². The Bertz CT molecular complexity index is 689. The van der Waals surface area contributed by atoms with Gasteiger partial charge in [0.1, 0.15) is 5.69 Å². The summed E-state index contributed by atoms with van der Waals surface area (Å²) in [5.74, 6) is 2.60. The molecule has 1 amide bonds. The van der Waals surface area contributed by atoms with Gasteiger partial charge < -0.3 is 5.32 Å². The van der Waals surface area contributed by atoms with Gasteiger partial charge in [-0.3, -0.25) is 14.9 Å². The third kappa shape index (κ3) is 3.24. The van der Waals surface area contributed by atoms with Crippen LogP contribution in [0.2, 0.25) is 0 Å². The summed E-state index contributed by atoms with van der Waals surface area (Å²) >= 11 is 1.35. The maximum Gasteiger partial charge on any atom is 0.230 e. The van der Waals surface area contributed by atoms with E-state index in [4.69, 9.17) is 0 Å². The predicted octanol–water partition coefficient (Wildman–Crippen LogP) is 2.26. The third-order valence-corrected chi connectivity index (χ3v) is 5.64. The molecule has 23 heavy (non-hydrogen) atoms. The minimum absolute atomic E-state index is 0.0803. The van der Waals surface area contributed by atoms with E-state index >= 15 is 0 Å². The van der Waals surface area contributed by atoms with Gasteiger partial charge in [0, 0.05) is 12.2 Å². The number of amides is 1. The number of carbonyl (C=O) groups is 1. The lowest BCUT2D eigenvalue weighted by Gasteiger charge is -2.22. The summed E-state index contributed by atoms with van der Waals surface area (Å²) in [6, 6.07) is 6.02. The molecule has 2 aliphatic carbocycles. The number of aromatic amines is 1. The average Bonchev–Trinajstić information content (AvgIpc) is 3.30. The molecule has 0 aliphatic heterocycles. The maximum atomic E-state index is 12.1. The van der Waals surface area contributed by atoms with E-state index in [2.05, 4.69) is 25.5 Å². The summed E-state index contributed by atoms with van der Waals surface area (Å²) in [5.41, 5.74) is 0.748. The van der Waals surface area contributed by atoms with Gasteiger partial charge in [-0.05, 0) is 43.2 Å². The highest BCUT2D eigenvalue weighted by Crippen LogP contribution is 2.44. The molecule has 2 fully saturated rings. The van der Waals surface area contributed by atoms with Crippen molar-refractivity contribution in [3.05, 3.63) is 24.4 Å². The molecule has 0 saturated heterocycles. The van der Waals surface area contributed by atoms with E-state index < -0.39 is 0 Å². The third-order valence-electron chi connectivity index (χ3n) is 4.79. The van der Waals surface area contributed by atoms with Gasteiger partial charge in [-0.15, -0.1) is 5.10 Å². The molecular weight excluding hydrogens is 310 g/mol. The molecule has 2 aromatic heterocycles. The van der Waals surface area contributed by atoms with Crippen molar-refractivity contribution in [2.45, 2.75) is 36.9 Å². The first kappa shape index (κ1) is 14.7. The maximum absolute atomic E-state index is 12.1. The molecule has 2 saturated carbocycles. The highest BCUT2D eigenvalue weighted by atomic mass is 32.2. The molecule has 0 radical (unpaired) electrons. The Balaban J connectivity index is 1.29. The first-order chi connectivity index (χ1) is 11.3. The van der Waals surface area contributed by atoms with Crippen LogP contribution in [0.25, 0.3) is 11.5 Å². The number of rotatable bonds is 5. The predicted molar refractivity (Wildman–Crippen MR) is 87.7 cm³/mol. The molecule has 6 nitrogen and oxygen atoms in total. The molecule has 4 rings (SSSR count). The lowest BCUT2D eigenvalue weighted by molar-refractivity contribution is -0.119. The molecule has 2 bridgehead atoms. The van der Waals surface area contributed by atoms with Crippen LogP contribution in [0.5, 0.6) is 0 Å². The van der Waals surface area contributed by atoms with Gasteiger partial charge in [0.05, 0.1) is 5.75 Å². The van der Waals surface area contributed by atoms with Crippen molar-refractivity contribution in [3.63, 3.8) is 0 Å². The first-order valence-electron chi connectivity index (χ1n) is 8.04. The SMILES string of the molecule is O=C(CSc1n[nH]c(-c2ccccn2)n1)N[C@@H]1C[C@H]2CC[C@H]1C2. The molecule has 120 valence electrons. The van der Waals surface area contributed by atoms with Crippen molar-refractivity contribution in [1.29, 1.82) is 0 Å². The fourth-order valence-corrected chi connectivity index (χ4v) is 4.34. The Hall–Kier alpha value is -1.89. The summed E-state index contributed by atoms with van der Waals surface area (Å²) in [6.07, 6.45) is 6.79. The minimum Gasteiger partial charge on any atom is -0.352 e. The zero-order valence-electron chi connectivity index (χ0n) is 12.7. The number of carbonyl (C=O) groups excluding carboxylic acids is 1. The summed E-state index contributed by atoms with van der Waals surface area (Å²) < 4.78 is 0. The van der Waals surface area contributed by atoms with Gasteiger partial charge in [0.2, 0.25) is 11.1 Å². The van der Waals surface area contributed by atoms with Gasteiger partial charge in [-0.2, -0.15) is 4.98 Å². The monoisotopic (exact) mass is 329 g/mol. The number of fused-ring (bicyclic) bond motifs is 2. The normalized spacial score (nSPS) is 25.7. The van der Waals surface area contributed by atoms with E-state index in [0.29, 0.717) is 28.7 Å². The topological polar surface area (TPSA) is 83.6 Å². The van der Waals surface area contributed by atoms with E-state index in [9.17, 15) is 4.79 Å². The van der Waals surface area contributed by atoms with Crippen LogP contribution in [-0.4, -0.2) is 37.9 Å². The molecule has 7 heteroatoms. The molecule has 3 atom stereocenters. The average molecular weight is 329 g/mol. The van der Waals surface area contributed by atoms with Crippen molar-refractivity contribution in [2.75, 3.05) is 5.75 Å². The van der Waals surface area contributed by atoms with Gasteiger partial charge in [-0.1, -0.05) is 24.2 Å². The second-order valence-electron chi connectivity index (χ2n) is 6.32. The van der Waals surface area contributed by atoms with Crippen molar-refractivity contribution >= 4 is 17.7 Å². The Morgan fingerprint density at radius 1 is 1.35 bits per heavy atom. The number of hydrogen-bond acceptors (Lipinski definition) is 5. The molecule has 0 unspecified atom stereocenters. The number of nitrogens with one attached hydrogen (secondary N) is 2. The van der Waals surface area contributed by atoms with Crippen molar-refractivity contribution in [3.8, 4) is 11.5 Å². The molecule has 2 aliphatic rings. The molecule has 2 aromatic rings. The molecule has 2 heterocycles. The standard InChI is InChI=1S/C16H19N5OS/c22-14(18-13-8-10-4-5-11(13)7-10)9-23-16-19-15(20-21-16)12-3-1-2-6-17-12/h1-3,6,10-11,13H,4-5,7-9H2,(H,18,22)(H,19,20,21)/t10-,11-,13+/m0/s1. The molecule has 0 spiro atoms. The summed E-state index contributed by atoms with van der Waals surface area (Å²) in [5, 5.41) is 10.8.